The van der Waals surface area contributed by atoms with Gasteiger partial charge in [0.25, 0.3) is 0 Å². The Morgan fingerprint density at radius 2 is 2.27 bits per heavy atom. The molecule has 2 N–H and O–H groups in total. The molecule has 2 aromatic rings. The van der Waals surface area contributed by atoms with Crippen LogP contribution in [0.1, 0.15) is 18.4 Å². The lowest BCUT2D eigenvalue weighted by Gasteiger charge is -2.38. The van der Waals surface area contributed by atoms with E-state index < -0.39 is 0 Å². The SMILES string of the molecule is COC1CCN(Cc2ccc(Cl)c3cccnc23)C(CN)C1. The van der Waals surface area contributed by atoms with Crippen LogP contribution in [-0.2, 0) is 11.3 Å². The summed E-state index contributed by atoms with van der Waals surface area (Å²) in [5.74, 6) is 0. The molecule has 22 heavy (non-hydrogen) atoms. The molecule has 2 atom stereocenters. The lowest BCUT2D eigenvalue weighted by atomic mass is 9.98. The highest BCUT2D eigenvalue weighted by Crippen LogP contribution is 2.28. The monoisotopic (exact) mass is 319 g/mol. The number of rotatable bonds is 4. The van der Waals surface area contributed by atoms with E-state index in [-0.39, 0.29) is 0 Å². The van der Waals surface area contributed by atoms with Crippen molar-refractivity contribution in [3.05, 3.63) is 41.0 Å². The highest BCUT2D eigenvalue weighted by Gasteiger charge is 2.27. The third-order valence-electron chi connectivity index (χ3n) is 4.57. The molecule has 0 radical (unpaired) electrons. The van der Waals surface area contributed by atoms with Crippen molar-refractivity contribution in [2.24, 2.45) is 5.73 Å². The van der Waals surface area contributed by atoms with Crippen molar-refractivity contribution in [2.45, 2.75) is 31.5 Å². The van der Waals surface area contributed by atoms with Crippen molar-refractivity contribution in [1.29, 1.82) is 0 Å². The quantitative estimate of drug-likeness (QED) is 0.941. The van der Waals surface area contributed by atoms with Crippen LogP contribution in [0.5, 0.6) is 0 Å². The third kappa shape index (κ3) is 3.10. The number of nitrogens with zero attached hydrogens (tertiary/aromatic N) is 2. The number of nitrogens with two attached hydrogens (primary N) is 1. The molecule has 5 heteroatoms. The van der Waals surface area contributed by atoms with Crippen LogP contribution in [0, 0.1) is 0 Å². The Bertz CT molecular complexity index is 649. The maximum absolute atomic E-state index is 6.28. The van der Waals surface area contributed by atoms with Crippen molar-refractivity contribution in [3.63, 3.8) is 0 Å². The van der Waals surface area contributed by atoms with Crippen molar-refractivity contribution >= 4 is 22.5 Å². The summed E-state index contributed by atoms with van der Waals surface area (Å²) in [7, 11) is 1.78. The number of piperidine rings is 1. The van der Waals surface area contributed by atoms with Crippen LogP contribution < -0.4 is 5.73 Å². The highest BCUT2D eigenvalue weighted by molar-refractivity contribution is 6.35. The summed E-state index contributed by atoms with van der Waals surface area (Å²) in [6.45, 7) is 2.50. The van der Waals surface area contributed by atoms with E-state index in [0.29, 0.717) is 18.7 Å². The zero-order valence-corrected chi connectivity index (χ0v) is 13.6. The van der Waals surface area contributed by atoms with Gasteiger partial charge in [0.1, 0.15) is 0 Å². The van der Waals surface area contributed by atoms with Crippen LogP contribution in [0.2, 0.25) is 5.02 Å². The molecule has 1 aromatic heterocycles. The number of aromatic nitrogens is 1. The predicted octanol–water partition coefficient (Wildman–Crippen LogP) is 2.83. The van der Waals surface area contributed by atoms with E-state index >= 15 is 0 Å². The first-order valence-corrected chi connectivity index (χ1v) is 8.09. The van der Waals surface area contributed by atoms with Gasteiger partial charge < -0.3 is 10.5 Å². The van der Waals surface area contributed by atoms with Gasteiger partial charge in [-0.25, -0.2) is 0 Å². The van der Waals surface area contributed by atoms with Crippen LogP contribution in [0.4, 0.5) is 0 Å². The van der Waals surface area contributed by atoms with Gasteiger partial charge in [-0.2, -0.15) is 0 Å². The van der Waals surface area contributed by atoms with Gasteiger partial charge in [-0.1, -0.05) is 17.7 Å². The van der Waals surface area contributed by atoms with Crippen LogP contribution in [0.25, 0.3) is 10.9 Å². The zero-order chi connectivity index (χ0) is 15.5. The molecule has 1 aromatic carbocycles. The van der Waals surface area contributed by atoms with E-state index in [0.717, 1.165) is 41.9 Å². The fourth-order valence-corrected chi connectivity index (χ4v) is 3.49. The molecule has 0 spiro atoms. The van der Waals surface area contributed by atoms with Crippen molar-refractivity contribution in [3.8, 4) is 0 Å². The summed E-state index contributed by atoms with van der Waals surface area (Å²) >= 11 is 6.28. The Morgan fingerprint density at radius 1 is 1.41 bits per heavy atom. The topological polar surface area (TPSA) is 51.4 Å². The maximum atomic E-state index is 6.28. The number of methoxy groups -OCH3 is 1. The van der Waals surface area contributed by atoms with E-state index in [1.807, 2.05) is 24.4 Å². The van der Waals surface area contributed by atoms with Crippen LogP contribution in [0.3, 0.4) is 0 Å². The summed E-state index contributed by atoms with van der Waals surface area (Å²) in [5.41, 5.74) is 8.16. The molecule has 2 heterocycles. The number of ether oxygens (including phenoxy) is 1. The minimum Gasteiger partial charge on any atom is -0.381 e. The van der Waals surface area contributed by atoms with Crippen LogP contribution >= 0.6 is 11.6 Å². The lowest BCUT2D eigenvalue weighted by Crippen LogP contribution is -2.48. The zero-order valence-electron chi connectivity index (χ0n) is 12.8. The van der Waals surface area contributed by atoms with Crippen molar-refractivity contribution < 1.29 is 4.74 Å². The number of pyridine rings is 1. The summed E-state index contributed by atoms with van der Waals surface area (Å²) in [6.07, 6.45) is 4.18. The number of fused-ring (bicyclic) bond motifs is 1. The molecule has 0 amide bonds. The Balaban J connectivity index is 1.85. The van der Waals surface area contributed by atoms with Gasteiger partial charge in [0.15, 0.2) is 0 Å². The summed E-state index contributed by atoms with van der Waals surface area (Å²) in [5, 5.41) is 1.76. The largest absolute Gasteiger partial charge is 0.381 e. The summed E-state index contributed by atoms with van der Waals surface area (Å²) < 4.78 is 5.50. The molecule has 0 saturated carbocycles. The Morgan fingerprint density at radius 3 is 3.05 bits per heavy atom. The highest BCUT2D eigenvalue weighted by atomic mass is 35.5. The summed E-state index contributed by atoms with van der Waals surface area (Å²) in [4.78, 5) is 6.96. The number of benzene rings is 1. The number of halogens is 1. The number of hydrogen-bond donors (Lipinski definition) is 1. The molecule has 0 bridgehead atoms. The molecule has 2 unspecified atom stereocenters. The van der Waals surface area contributed by atoms with E-state index in [1.165, 1.54) is 5.56 Å². The van der Waals surface area contributed by atoms with Crippen molar-refractivity contribution in [1.82, 2.24) is 9.88 Å². The molecule has 0 aliphatic carbocycles. The normalized spacial score (nSPS) is 23.0. The molecule has 1 saturated heterocycles. The first-order chi connectivity index (χ1) is 10.7. The lowest BCUT2D eigenvalue weighted by molar-refractivity contribution is 0.0103. The molecule has 3 rings (SSSR count). The Labute approximate surface area is 136 Å². The Kier molecular flexibility index (Phi) is 4.93. The molecular formula is C17H22ClN3O. The van der Waals surface area contributed by atoms with Gasteiger partial charge in [0.2, 0.25) is 0 Å². The van der Waals surface area contributed by atoms with Gasteiger partial charge >= 0.3 is 0 Å². The van der Waals surface area contributed by atoms with Crippen molar-refractivity contribution in [2.75, 3.05) is 20.2 Å². The standard InChI is InChI=1S/C17H22ClN3O/c1-22-14-6-8-21(13(9-14)10-19)11-12-4-5-16(18)15-3-2-7-20-17(12)15/h2-5,7,13-14H,6,8-11,19H2,1H3. The van der Waals surface area contributed by atoms with Crippen LogP contribution in [-0.4, -0.2) is 42.2 Å². The molecule has 4 nitrogen and oxygen atoms in total. The molecule has 1 aliphatic rings. The van der Waals surface area contributed by atoms with Gasteiger partial charge in [-0.15, -0.1) is 0 Å². The fraction of sp³-hybridized carbons (Fsp3) is 0.471. The molecular weight excluding hydrogens is 298 g/mol. The van der Waals surface area contributed by atoms with Gasteiger partial charge in [-0.05, 0) is 36.6 Å². The van der Waals surface area contributed by atoms with Gasteiger partial charge in [0.05, 0.1) is 11.6 Å². The van der Waals surface area contributed by atoms with E-state index in [2.05, 4.69) is 16.0 Å². The van der Waals surface area contributed by atoms with Crippen LogP contribution in [0.15, 0.2) is 30.5 Å². The number of hydrogen-bond acceptors (Lipinski definition) is 4. The molecule has 1 aliphatic heterocycles. The minimum atomic E-state index is 0.324. The molecule has 118 valence electrons. The Hall–Kier alpha value is -1.20. The third-order valence-corrected chi connectivity index (χ3v) is 4.90. The summed E-state index contributed by atoms with van der Waals surface area (Å²) in [6, 6.07) is 8.33. The fourth-order valence-electron chi connectivity index (χ4n) is 3.27. The smallest absolute Gasteiger partial charge is 0.0761 e. The van der Waals surface area contributed by atoms with E-state index in [9.17, 15) is 0 Å². The average Bonchev–Trinajstić information content (AvgIpc) is 2.58. The minimum absolute atomic E-state index is 0.324. The van der Waals surface area contributed by atoms with Gasteiger partial charge in [0, 0.05) is 49.4 Å². The van der Waals surface area contributed by atoms with E-state index in [4.69, 9.17) is 22.1 Å². The predicted molar refractivity (Wildman–Crippen MR) is 90.0 cm³/mol. The van der Waals surface area contributed by atoms with Gasteiger partial charge in [-0.3, -0.25) is 9.88 Å². The molecule has 1 fully saturated rings. The second-order valence-corrected chi connectivity index (χ2v) is 6.26. The first kappa shape index (κ1) is 15.7. The average molecular weight is 320 g/mol. The maximum Gasteiger partial charge on any atom is 0.0761 e. The first-order valence-electron chi connectivity index (χ1n) is 7.72. The second-order valence-electron chi connectivity index (χ2n) is 5.85. The second kappa shape index (κ2) is 6.92. The van der Waals surface area contributed by atoms with E-state index in [1.54, 1.807) is 7.11 Å². The number of likely N-dealkylation sites (tertiary alicyclic amines) is 1.